The van der Waals surface area contributed by atoms with Crippen LogP contribution in [0.25, 0.3) is 0 Å². The Hall–Kier alpha value is -2.24. The Morgan fingerprint density at radius 3 is 2.47 bits per heavy atom. The summed E-state index contributed by atoms with van der Waals surface area (Å²) in [4.78, 5) is 13.4. The third-order valence-electron chi connectivity index (χ3n) is 4.72. The van der Waals surface area contributed by atoms with E-state index in [1.807, 2.05) is 0 Å². The summed E-state index contributed by atoms with van der Waals surface area (Å²) in [5.74, 6) is -0.976. The van der Waals surface area contributed by atoms with Crippen molar-refractivity contribution in [3.8, 4) is 11.5 Å². The average molecular weight is 458 g/mol. The summed E-state index contributed by atoms with van der Waals surface area (Å²) < 4.78 is 45.0. The van der Waals surface area contributed by atoms with Crippen LogP contribution in [0.5, 0.6) is 11.5 Å². The van der Waals surface area contributed by atoms with Crippen molar-refractivity contribution < 1.29 is 27.5 Å². The van der Waals surface area contributed by atoms with Gasteiger partial charge < -0.3 is 4.74 Å². The molecule has 0 unspecified atom stereocenters. The third kappa shape index (κ3) is 5.89. The molecule has 0 atom stereocenters. The highest BCUT2D eigenvalue weighted by Gasteiger charge is 2.25. The van der Waals surface area contributed by atoms with Gasteiger partial charge in [0.15, 0.2) is 11.6 Å². The summed E-state index contributed by atoms with van der Waals surface area (Å²) in [6, 6.07) is 9.73. The summed E-state index contributed by atoms with van der Waals surface area (Å²) in [6.07, 6.45) is 1.34. The van der Waals surface area contributed by atoms with Crippen molar-refractivity contribution >= 4 is 27.5 Å². The van der Waals surface area contributed by atoms with Crippen LogP contribution < -0.4 is 15.0 Å². The van der Waals surface area contributed by atoms with Gasteiger partial charge in [-0.05, 0) is 61.2 Å². The molecule has 1 aliphatic rings. The molecular formula is C19H21ClFN3O5S. The second-order valence-electron chi connectivity index (χ2n) is 6.91. The fourth-order valence-corrected chi connectivity index (χ4v) is 4.38. The first-order valence-corrected chi connectivity index (χ1v) is 11.1. The largest absolute Gasteiger partial charge is 0.454 e. The zero-order valence-electron chi connectivity index (χ0n) is 15.8. The molecule has 0 radical (unpaired) electrons. The number of hydrogen-bond donors (Lipinski definition) is 3. The number of amides is 1. The number of carbonyl (C=O) groups excluding carboxylic acids is 1. The Balaban J connectivity index is 1.61. The number of piperidine rings is 1. The standard InChI is InChI=1S/C19H21ClFN3O5S/c20-14-1-3-15(4-2-14)29-18-6-5-16(12-17(18)21)30(27,28)23-24-9-7-13(8-10-24)11-19(25)22-26/h1-6,12-13,23,26H,7-11H2,(H,22,25). The van der Waals surface area contributed by atoms with Crippen molar-refractivity contribution in [2.45, 2.75) is 24.2 Å². The number of hydroxylamine groups is 1. The molecule has 1 saturated heterocycles. The number of sulfonamides is 1. The number of nitrogens with one attached hydrogen (secondary N) is 2. The molecular weight excluding hydrogens is 437 g/mol. The minimum Gasteiger partial charge on any atom is -0.454 e. The molecule has 0 bridgehead atoms. The van der Waals surface area contributed by atoms with Crippen molar-refractivity contribution in [3.05, 3.63) is 53.3 Å². The molecule has 3 N–H and O–H groups in total. The first kappa shape index (κ1) is 22.4. The van der Waals surface area contributed by atoms with Gasteiger partial charge in [0, 0.05) is 24.5 Å². The second-order valence-corrected chi connectivity index (χ2v) is 9.01. The van der Waals surface area contributed by atoms with Crippen molar-refractivity contribution in [2.75, 3.05) is 13.1 Å². The average Bonchev–Trinajstić information content (AvgIpc) is 2.72. The van der Waals surface area contributed by atoms with Gasteiger partial charge >= 0.3 is 0 Å². The Morgan fingerprint density at radius 1 is 1.20 bits per heavy atom. The number of rotatable bonds is 7. The molecule has 0 aromatic heterocycles. The number of nitrogens with zero attached hydrogens (tertiary/aromatic N) is 1. The van der Waals surface area contributed by atoms with Crippen LogP contribution in [-0.4, -0.2) is 37.6 Å². The maximum Gasteiger partial charge on any atom is 0.253 e. The van der Waals surface area contributed by atoms with E-state index in [2.05, 4.69) is 4.83 Å². The smallest absolute Gasteiger partial charge is 0.253 e. The Bertz CT molecular complexity index is 996. The molecule has 1 fully saturated rings. The lowest BCUT2D eigenvalue weighted by Gasteiger charge is -2.31. The van der Waals surface area contributed by atoms with Crippen LogP contribution >= 0.6 is 11.6 Å². The van der Waals surface area contributed by atoms with Gasteiger partial charge in [0.05, 0.1) is 4.90 Å². The molecule has 2 aromatic rings. The van der Waals surface area contributed by atoms with E-state index in [1.165, 1.54) is 17.1 Å². The van der Waals surface area contributed by atoms with Gasteiger partial charge in [-0.25, -0.2) is 23.3 Å². The van der Waals surface area contributed by atoms with Crippen LogP contribution in [0.15, 0.2) is 47.4 Å². The summed E-state index contributed by atoms with van der Waals surface area (Å²) in [6.45, 7) is 0.783. The zero-order chi connectivity index (χ0) is 21.7. The van der Waals surface area contributed by atoms with E-state index in [-0.39, 0.29) is 23.0 Å². The Morgan fingerprint density at radius 2 is 1.87 bits per heavy atom. The lowest BCUT2D eigenvalue weighted by atomic mass is 9.94. The summed E-state index contributed by atoms with van der Waals surface area (Å²) in [7, 11) is -3.98. The van der Waals surface area contributed by atoms with Crippen LogP contribution in [0.2, 0.25) is 5.02 Å². The lowest BCUT2D eigenvalue weighted by molar-refractivity contribution is -0.130. The van der Waals surface area contributed by atoms with E-state index in [0.717, 1.165) is 6.07 Å². The number of halogens is 2. The van der Waals surface area contributed by atoms with E-state index >= 15 is 0 Å². The van der Waals surface area contributed by atoms with Crippen LogP contribution in [0.4, 0.5) is 4.39 Å². The zero-order valence-corrected chi connectivity index (χ0v) is 17.4. The van der Waals surface area contributed by atoms with Crippen LogP contribution in [0.3, 0.4) is 0 Å². The summed E-state index contributed by atoms with van der Waals surface area (Å²) in [5, 5.41) is 10.6. The number of ether oxygens (including phenoxy) is 1. The number of carbonyl (C=O) groups is 1. The summed E-state index contributed by atoms with van der Waals surface area (Å²) in [5.41, 5.74) is 1.59. The molecule has 0 spiro atoms. The molecule has 1 amide bonds. The second kappa shape index (κ2) is 9.71. The first-order valence-electron chi connectivity index (χ1n) is 9.20. The van der Waals surface area contributed by atoms with Gasteiger partial charge in [0.1, 0.15) is 5.75 Å². The topological polar surface area (TPSA) is 108 Å². The summed E-state index contributed by atoms with van der Waals surface area (Å²) >= 11 is 5.80. The van der Waals surface area contributed by atoms with Crippen LogP contribution in [-0.2, 0) is 14.8 Å². The van der Waals surface area contributed by atoms with Gasteiger partial charge in [-0.2, -0.15) is 0 Å². The quantitative estimate of drug-likeness (QED) is 0.435. The fraction of sp³-hybridized carbons (Fsp3) is 0.316. The van der Waals surface area contributed by atoms with Crippen molar-refractivity contribution in [3.63, 3.8) is 0 Å². The minimum absolute atomic E-state index is 0.0552. The van der Waals surface area contributed by atoms with Crippen molar-refractivity contribution in [1.29, 1.82) is 0 Å². The lowest BCUT2D eigenvalue weighted by Crippen LogP contribution is -2.46. The monoisotopic (exact) mass is 457 g/mol. The van der Waals surface area contributed by atoms with E-state index in [1.54, 1.807) is 29.7 Å². The van der Waals surface area contributed by atoms with E-state index in [0.29, 0.717) is 36.7 Å². The van der Waals surface area contributed by atoms with Gasteiger partial charge in [-0.1, -0.05) is 11.6 Å². The molecule has 1 heterocycles. The highest BCUT2D eigenvalue weighted by molar-refractivity contribution is 7.89. The molecule has 1 aliphatic heterocycles. The first-order chi connectivity index (χ1) is 14.3. The predicted molar refractivity (Wildman–Crippen MR) is 107 cm³/mol. The maximum atomic E-state index is 14.4. The van der Waals surface area contributed by atoms with Gasteiger partial charge in [-0.3, -0.25) is 10.0 Å². The molecule has 2 aromatic carbocycles. The molecule has 30 heavy (non-hydrogen) atoms. The SMILES string of the molecule is O=C(CC1CCN(NS(=O)(=O)c2ccc(Oc3ccc(Cl)cc3)c(F)c2)CC1)NO. The predicted octanol–water partition coefficient (Wildman–Crippen LogP) is 3.07. The van der Waals surface area contributed by atoms with Crippen LogP contribution in [0, 0.1) is 11.7 Å². The third-order valence-corrected chi connectivity index (χ3v) is 6.34. The van der Waals surface area contributed by atoms with Gasteiger partial charge in [0.25, 0.3) is 10.0 Å². The van der Waals surface area contributed by atoms with Gasteiger partial charge in [0.2, 0.25) is 5.91 Å². The minimum atomic E-state index is -3.98. The van der Waals surface area contributed by atoms with E-state index < -0.39 is 21.7 Å². The van der Waals surface area contributed by atoms with Crippen LogP contribution in [0.1, 0.15) is 19.3 Å². The fourth-order valence-electron chi connectivity index (χ4n) is 3.12. The normalized spacial score (nSPS) is 15.7. The molecule has 3 rings (SSSR count). The van der Waals surface area contributed by atoms with E-state index in [4.69, 9.17) is 21.5 Å². The highest BCUT2D eigenvalue weighted by Crippen LogP contribution is 2.28. The number of hydrazine groups is 1. The number of benzene rings is 2. The maximum absolute atomic E-state index is 14.4. The molecule has 8 nitrogen and oxygen atoms in total. The van der Waals surface area contributed by atoms with E-state index in [9.17, 15) is 17.6 Å². The molecule has 0 saturated carbocycles. The number of hydrogen-bond acceptors (Lipinski definition) is 6. The molecule has 0 aliphatic carbocycles. The van der Waals surface area contributed by atoms with Crippen molar-refractivity contribution in [2.24, 2.45) is 5.92 Å². The Kier molecular flexibility index (Phi) is 7.27. The van der Waals surface area contributed by atoms with Crippen molar-refractivity contribution in [1.82, 2.24) is 15.3 Å². The van der Waals surface area contributed by atoms with Gasteiger partial charge in [-0.15, -0.1) is 4.83 Å². The highest BCUT2D eigenvalue weighted by atomic mass is 35.5. The molecule has 11 heteroatoms. The Labute approximate surface area is 178 Å². The molecule has 162 valence electrons.